The third-order valence-electron chi connectivity index (χ3n) is 3.42. The number of hydrogen-bond acceptors (Lipinski definition) is 2. The van der Waals surface area contributed by atoms with Crippen LogP contribution in [0.15, 0.2) is 60.2 Å². The summed E-state index contributed by atoms with van der Waals surface area (Å²) in [5, 5.41) is 10.2. The van der Waals surface area contributed by atoms with Crippen molar-refractivity contribution in [3.8, 4) is 0 Å². The standard InChI is InChI=1S/C17H14O2/c18-16-11-13-8-4-5-9-14(13)17(19)15(16)10-12-6-2-1-3-7-12/h1-10,16,18H,11H2. The van der Waals surface area contributed by atoms with Gasteiger partial charge in [0.15, 0.2) is 5.78 Å². The fourth-order valence-corrected chi connectivity index (χ4v) is 2.44. The number of ketones is 1. The van der Waals surface area contributed by atoms with E-state index in [4.69, 9.17) is 0 Å². The van der Waals surface area contributed by atoms with Crippen LogP contribution >= 0.6 is 0 Å². The second kappa shape index (κ2) is 4.82. The first-order valence-electron chi connectivity index (χ1n) is 6.33. The summed E-state index contributed by atoms with van der Waals surface area (Å²) < 4.78 is 0. The molecule has 94 valence electrons. The van der Waals surface area contributed by atoms with Gasteiger partial charge in [0.2, 0.25) is 0 Å². The van der Waals surface area contributed by atoms with Crippen molar-refractivity contribution < 1.29 is 9.90 Å². The van der Waals surface area contributed by atoms with E-state index in [-0.39, 0.29) is 5.78 Å². The lowest BCUT2D eigenvalue weighted by Crippen LogP contribution is -2.27. The molecule has 0 bridgehead atoms. The van der Waals surface area contributed by atoms with Crippen LogP contribution in [0.3, 0.4) is 0 Å². The largest absolute Gasteiger partial charge is 0.388 e. The number of Topliss-reactive ketones (excluding diaryl/α,β-unsaturated/α-hetero) is 1. The highest BCUT2D eigenvalue weighted by atomic mass is 16.3. The van der Waals surface area contributed by atoms with E-state index in [0.29, 0.717) is 17.6 Å². The van der Waals surface area contributed by atoms with Gasteiger partial charge in [-0.25, -0.2) is 0 Å². The molecule has 0 spiro atoms. The quantitative estimate of drug-likeness (QED) is 0.790. The minimum Gasteiger partial charge on any atom is -0.388 e. The molecule has 0 radical (unpaired) electrons. The molecule has 0 fully saturated rings. The maximum absolute atomic E-state index is 12.4. The fourth-order valence-electron chi connectivity index (χ4n) is 2.44. The van der Waals surface area contributed by atoms with Gasteiger partial charge in [-0.05, 0) is 17.2 Å². The van der Waals surface area contributed by atoms with Crippen LogP contribution in [-0.4, -0.2) is 17.0 Å². The van der Waals surface area contributed by atoms with Gasteiger partial charge < -0.3 is 5.11 Å². The van der Waals surface area contributed by atoms with Crippen LogP contribution in [0, 0.1) is 0 Å². The minimum atomic E-state index is -0.720. The van der Waals surface area contributed by atoms with E-state index in [2.05, 4.69) is 0 Å². The molecule has 2 heteroatoms. The van der Waals surface area contributed by atoms with Crippen molar-refractivity contribution in [2.24, 2.45) is 0 Å². The van der Waals surface area contributed by atoms with Crippen LogP contribution in [0.1, 0.15) is 21.5 Å². The maximum atomic E-state index is 12.4. The molecular formula is C17H14O2. The summed E-state index contributed by atoms with van der Waals surface area (Å²) in [6.07, 6.45) is 1.56. The van der Waals surface area contributed by atoms with Crippen LogP contribution in [0.25, 0.3) is 6.08 Å². The maximum Gasteiger partial charge on any atom is 0.191 e. The Hall–Kier alpha value is -2.19. The molecule has 0 saturated carbocycles. The van der Waals surface area contributed by atoms with E-state index in [9.17, 15) is 9.90 Å². The third-order valence-corrected chi connectivity index (χ3v) is 3.42. The number of benzene rings is 2. The predicted molar refractivity (Wildman–Crippen MR) is 74.9 cm³/mol. The second-order valence-electron chi connectivity index (χ2n) is 4.72. The summed E-state index contributed by atoms with van der Waals surface area (Å²) in [5.41, 5.74) is 3.04. The molecule has 1 unspecified atom stereocenters. The summed E-state index contributed by atoms with van der Waals surface area (Å²) in [4.78, 5) is 12.4. The highest BCUT2D eigenvalue weighted by molar-refractivity contribution is 6.14. The Bertz CT molecular complexity index is 641. The van der Waals surface area contributed by atoms with Gasteiger partial charge in [0.05, 0.1) is 6.10 Å². The van der Waals surface area contributed by atoms with Crippen molar-refractivity contribution in [1.82, 2.24) is 0 Å². The Morgan fingerprint density at radius 2 is 1.68 bits per heavy atom. The molecule has 19 heavy (non-hydrogen) atoms. The summed E-state index contributed by atoms with van der Waals surface area (Å²) in [5.74, 6) is -0.0711. The van der Waals surface area contributed by atoms with E-state index < -0.39 is 6.10 Å². The van der Waals surface area contributed by atoms with Gasteiger partial charge in [-0.2, -0.15) is 0 Å². The minimum absolute atomic E-state index is 0.0711. The number of carbonyl (C=O) groups is 1. The van der Waals surface area contributed by atoms with Crippen LogP contribution < -0.4 is 0 Å². The molecule has 2 aromatic rings. The molecule has 2 aromatic carbocycles. The van der Waals surface area contributed by atoms with Crippen LogP contribution in [0.5, 0.6) is 0 Å². The van der Waals surface area contributed by atoms with E-state index in [0.717, 1.165) is 11.1 Å². The molecule has 0 aliphatic heterocycles. The Morgan fingerprint density at radius 1 is 1.00 bits per heavy atom. The zero-order valence-corrected chi connectivity index (χ0v) is 10.4. The number of aliphatic hydroxyl groups excluding tert-OH is 1. The summed E-state index contributed by atoms with van der Waals surface area (Å²) >= 11 is 0. The molecule has 1 N–H and O–H groups in total. The lowest BCUT2D eigenvalue weighted by Gasteiger charge is -2.22. The first kappa shape index (κ1) is 11.9. The number of aliphatic hydroxyl groups is 1. The van der Waals surface area contributed by atoms with E-state index in [1.807, 2.05) is 54.6 Å². The molecule has 1 atom stereocenters. The van der Waals surface area contributed by atoms with Gasteiger partial charge in [-0.15, -0.1) is 0 Å². The van der Waals surface area contributed by atoms with Crippen LogP contribution in [-0.2, 0) is 6.42 Å². The highest BCUT2D eigenvalue weighted by Crippen LogP contribution is 2.26. The molecule has 2 nitrogen and oxygen atoms in total. The van der Waals surface area contributed by atoms with Crippen molar-refractivity contribution in [2.45, 2.75) is 12.5 Å². The average Bonchev–Trinajstić information content (AvgIpc) is 2.45. The zero-order chi connectivity index (χ0) is 13.2. The van der Waals surface area contributed by atoms with Gasteiger partial charge in [-0.3, -0.25) is 4.79 Å². The van der Waals surface area contributed by atoms with Gasteiger partial charge >= 0.3 is 0 Å². The number of fused-ring (bicyclic) bond motifs is 1. The highest BCUT2D eigenvalue weighted by Gasteiger charge is 2.28. The SMILES string of the molecule is O=C1C(=Cc2ccccc2)C(O)Cc2ccccc21. The Morgan fingerprint density at radius 3 is 2.47 bits per heavy atom. The molecular weight excluding hydrogens is 236 g/mol. The smallest absolute Gasteiger partial charge is 0.191 e. The first-order valence-corrected chi connectivity index (χ1v) is 6.33. The average molecular weight is 250 g/mol. The fraction of sp³-hybridized carbons (Fsp3) is 0.118. The van der Waals surface area contributed by atoms with Crippen molar-refractivity contribution in [3.05, 3.63) is 76.9 Å². The Balaban J connectivity index is 2.05. The van der Waals surface area contributed by atoms with Crippen LogP contribution in [0.4, 0.5) is 0 Å². The number of carbonyl (C=O) groups excluding carboxylic acids is 1. The third kappa shape index (κ3) is 2.23. The lowest BCUT2D eigenvalue weighted by molar-refractivity contribution is 0.0973. The number of rotatable bonds is 1. The first-order chi connectivity index (χ1) is 9.25. The Kier molecular flexibility index (Phi) is 3.02. The zero-order valence-electron chi connectivity index (χ0n) is 10.4. The van der Waals surface area contributed by atoms with Gasteiger partial charge in [0, 0.05) is 17.6 Å². The monoisotopic (exact) mass is 250 g/mol. The summed E-state index contributed by atoms with van der Waals surface area (Å²) in [6, 6.07) is 17.1. The van der Waals surface area contributed by atoms with Gasteiger partial charge in [0.25, 0.3) is 0 Å². The molecule has 3 rings (SSSR count). The molecule has 0 heterocycles. The molecule has 0 aromatic heterocycles. The predicted octanol–water partition coefficient (Wildman–Crippen LogP) is 2.87. The molecule has 0 saturated heterocycles. The normalized spacial score (nSPS) is 20.4. The van der Waals surface area contributed by atoms with Crippen molar-refractivity contribution >= 4 is 11.9 Å². The molecule has 1 aliphatic carbocycles. The van der Waals surface area contributed by atoms with Gasteiger partial charge in [-0.1, -0.05) is 54.6 Å². The second-order valence-corrected chi connectivity index (χ2v) is 4.72. The van der Waals surface area contributed by atoms with Gasteiger partial charge in [0.1, 0.15) is 0 Å². The lowest BCUT2D eigenvalue weighted by atomic mass is 9.84. The van der Waals surface area contributed by atoms with Crippen molar-refractivity contribution in [1.29, 1.82) is 0 Å². The summed E-state index contributed by atoms with van der Waals surface area (Å²) in [6.45, 7) is 0. The Labute approximate surface area is 112 Å². The van der Waals surface area contributed by atoms with E-state index in [1.54, 1.807) is 6.08 Å². The summed E-state index contributed by atoms with van der Waals surface area (Å²) in [7, 11) is 0. The van der Waals surface area contributed by atoms with E-state index >= 15 is 0 Å². The molecule has 1 aliphatic rings. The van der Waals surface area contributed by atoms with Crippen molar-refractivity contribution in [2.75, 3.05) is 0 Å². The van der Waals surface area contributed by atoms with Crippen molar-refractivity contribution in [3.63, 3.8) is 0 Å². The molecule has 0 amide bonds. The topological polar surface area (TPSA) is 37.3 Å². The number of hydrogen-bond donors (Lipinski definition) is 1. The van der Waals surface area contributed by atoms with E-state index in [1.165, 1.54) is 0 Å². The van der Waals surface area contributed by atoms with Crippen LogP contribution in [0.2, 0.25) is 0 Å².